The van der Waals surface area contributed by atoms with Crippen LogP contribution in [0.15, 0.2) is 65.9 Å². The zero-order valence-corrected chi connectivity index (χ0v) is 20.5. The van der Waals surface area contributed by atoms with Crippen LogP contribution in [-0.2, 0) is 16.7 Å². The number of rotatable bonds is 9. The van der Waals surface area contributed by atoms with E-state index < -0.39 is 66.2 Å². The minimum Gasteiger partial charge on any atom is -0.480 e. The van der Waals surface area contributed by atoms with Crippen molar-refractivity contribution in [1.29, 1.82) is 0 Å². The van der Waals surface area contributed by atoms with Gasteiger partial charge in [0, 0.05) is 24.0 Å². The van der Waals surface area contributed by atoms with E-state index in [-0.39, 0.29) is 29.1 Å². The first-order valence-corrected chi connectivity index (χ1v) is 11.7. The van der Waals surface area contributed by atoms with Gasteiger partial charge in [0.25, 0.3) is 0 Å². The van der Waals surface area contributed by atoms with Crippen molar-refractivity contribution >= 4 is 17.5 Å². The molecule has 0 radical (unpaired) electrons. The highest BCUT2D eigenvalue weighted by atomic mass is 19.4. The fraction of sp³-hybridized carbons (Fsp3) is 0.296. The maximum atomic E-state index is 15.1. The minimum atomic E-state index is -4.95. The van der Waals surface area contributed by atoms with Crippen molar-refractivity contribution in [3.63, 3.8) is 0 Å². The molecule has 7 nitrogen and oxygen atoms in total. The number of ketones is 2. The first kappa shape index (κ1) is 27.8. The monoisotopic (exact) mass is 547 g/mol. The van der Waals surface area contributed by atoms with Crippen molar-refractivity contribution < 1.29 is 41.0 Å². The number of carbonyl (C=O) groups excluding carboxylic acids is 2. The summed E-state index contributed by atoms with van der Waals surface area (Å²) in [5.74, 6) is -2.63. The van der Waals surface area contributed by atoms with E-state index in [0.717, 1.165) is 12.1 Å². The molecule has 2 aromatic carbocycles. The molecular weight excluding hydrogens is 525 g/mol. The van der Waals surface area contributed by atoms with Crippen LogP contribution in [0, 0.1) is 5.82 Å². The van der Waals surface area contributed by atoms with E-state index in [4.69, 9.17) is 9.47 Å². The van der Waals surface area contributed by atoms with Gasteiger partial charge in [-0.2, -0.15) is 13.2 Å². The second kappa shape index (κ2) is 11.3. The zero-order valence-electron chi connectivity index (χ0n) is 20.5. The van der Waals surface area contributed by atoms with Gasteiger partial charge in [0.2, 0.25) is 5.88 Å². The van der Waals surface area contributed by atoms with Gasteiger partial charge in [-0.05, 0) is 17.7 Å². The average molecular weight is 547 g/mol. The summed E-state index contributed by atoms with van der Waals surface area (Å²) in [4.78, 5) is 37.2. The van der Waals surface area contributed by atoms with Crippen molar-refractivity contribution in [2.75, 3.05) is 13.8 Å². The Hall–Kier alpha value is -4.22. The van der Waals surface area contributed by atoms with Crippen molar-refractivity contribution in [2.24, 2.45) is 4.99 Å². The smallest absolute Gasteiger partial charge is 0.425 e. The Morgan fingerprint density at radius 1 is 1.05 bits per heavy atom. The SMILES string of the molecule is COc1cnc(C(=O)Cc2ccc(F)c(C3(CF)CC(C(F)(F)F)OC(CC(=O)c4ccccc4)=N3)c2)cn1. The number of ether oxygens (including phenoxy) is 2. The van der Waals surface area contributed by atoms with Gasteiger partial charge in [-0.25, -0.2) is 23.7 Å². The fourth-order valence-corrected chi connectivity index (χ4v) is 4.16. The third-order valence-corrected chi connectivity index (χ3v) is 6.15. The quantitative estimate of drug-likeness (QED) is 0.269. The molecule has 4 rings (SSSR count). The average Bonchev–Trinajstić information content (AvgIpc) is 2.93. The third-order valence-electron chi connectivity index (χ3n) is 6.15. The molecule has 39 heavy (non-hydrogen) atoms. The van der Waals surface area contributed by atoms with Gasteiger partial charge in [0.15, 0.2) is 23.6 Å². The largest absolute Gasteiger partial charge is 0.480 e. The van der Waals surface area contributed by atoms with E-state index >= 15 is 4.39 Å². The van der Waals surface area contributed by atoms with Crippen molar-refractivity contribution in [1.82, 2.24) is 9.97 Å². The van der Waals surface area contributed by atoms with Gasteiger partial charge in [0.1, 0.15) is 23.7 Å². The Labute approximate surface area is 219 Å². The topological polar surface area (TPSA) is 90.7 Å². The summed E-state index contributed by atoms with van der Waals surface area (Å²) in [6, 6.07) is 11.0. The van der Waals surface area contributed by atoms with Gasteiger partial charge in [-0.3, -0.25) is 9.59 Å². The molecule has 1 aromatic heterocycles. The molecule has 0 N–H and O–H groups in total. The van der Waals surface area contributed by atoms with Crippen molar-refractivity contribution in [2.45, 2.75) is 37.1 Å². The lowest BCUT2D eigenvalue weighted by atomic mass is 9.83. The van der Waals surface area contributed by atoms with E-state index in [1.165, 1.54) is 37.7 Å². The fourth-order valence-electron chi connectivity index (χ4n) is 4.16. The standard InChI is InChI=1S/C27H22F5N3O4/c1-38-25-14-33-20(13-34-25)22(37)10-16-7-8-19(29)18(9-16)26(15-28)12-23(27(30,31)32)39-24(35-26)11-21(36)17-5-3-2-4-6-17/h2-9,13-14,23H,10-12,15H2,1H3. The molecule has 0 saturated heterocycles. The number of Topliss-reactive ketones (excluding diaryl/α,β-unsaturated/α-hetero) is 2. The first-order valence-electron chi connectivity index (χ1n) is 11.7. The van der Waals surface area contributed by atoms with Crippen LogP contribution in [0.1, 0.15) is 44.8 Å². The van der Waals surface area contributed by atoms with Gasteiger partial charge in [-0.15, -0.1) is 0 Å². The number of aliphatic imine (C=N–C) groups is 1. The summed E-state index contributed by atoms with van der Waals surface area (Å²) >= 11 is 0. The Morgan fingerprint density at radius 3 is 2.41 bits per heavy atom. The van der Waals surface area contributed by atoms with Gasteiger partial charge in [-0.1, -0.05) is 36.4 Å². The Morgan fingerprint density at radius 2 is 1.79 bits per heavy atom. The number of alkyl halides is 4. The molecule has 1 aliphatic rings. The number of hydrogen-bond acceptors (Lipinski definition) is 7. The lowest BCUT2D eigenvalue weighted by molar-refractivity contribution is -0.209. The number of benzene rings is 2. The normalized spacial score (nSPS) is 19.1. The highest BCUT2D eigenvalue weighted by Crippen LogP contribution is 2.42. The molecule has 2 unspecified atom stereocenters. The second-order valence-electron chi connectivity index (χ2n) is 8.85. The Balaban J connectivity index is 1.69. The van der Waals surface area contributed by atoms with Crippen LogP contribution in [0.25, 0.3) is 0 Å². The van der Waals surface area contributed by atoms with Crippen LogP contribution >= 0.6 is 0 Å². The highest BCUT2D eigenvalue weighted by molar-refractivity contribution is 6.07. The van der Waals surface area contributed by atoms with Crippen LogP contribution in [0.2, 0.25) is 0 Å². The predicted octanol–water partition coefficient (Wildman–Crippen LogP) is 5.24. The molecule has 204 valence electrons. The molecule has 0 bridgehead atoms. The van der Waals surface area contributed by atoms with Crippen molar-refractivity contribution in [3.05, 3.63) is 89.1 Å². The molecular formula is C27H22F5N3O4. The highest BCUT2D eigenvalue weighted by Gasteiger charge is 2.52. The van der Waals surface area contributed by atoms with Crippen LogP contribution in [0.3, 0.4) is 0 Å². The summed E-state index contributed by atoms with van der Waals surface area (Å²) < 4.78 is 81.0. The number of nitrogens with zero attached hydrogens (tertiary/aromatic N) is 3. The first-order chi connectivity index (χ1) is 18.5. The third kappa shape index (κ3) is 6.27. The molecule has 0 saturated carbocycles. The van der Waals surface area contributed by atoms with E-state index in [2.05, 4.69) is 15.0 Å². The number of aromatic nitrogens is 2. The van der Waals surface area contributed by atoms with Gasteiger partial charge in [0.05, 0.1) is 25.9 Å². The van der Waals surface area contributed by atoms with Crippen LogP contribution in [0.5, 0.6) is 5.88 Å². The molecule has 0 spiro atoms. The summed E-state index contributed by atoms with van der Waals surface area (Å²) in [7, 11) is 1.37. The lowest BCUT2D eigenvalue weighted by Crippen LogP contribution is -2.46. The maximum Gasteiger partial charge on any atom is 0.425 e. The van der Waals surface area contributed by atoms with E-state index in [0.29, 0.717) is 0 Å². The number of methoxy groups -OCH3 is 1. The summed E-state index contributed by atoms with van der Waals surface area (Å²) in [5.41, 5.74) is -2.47. The van der Waals surface area contributed by atoms with Crippen molar-refractivity contribution in [3.8, 4) is 5.88 Å². The van der Waals surface area contributed by atoms with Gasteiger partial charge < -0.3 is 9.47 Å². The van der Waals surface area contributed by atoms with Crippen LogP contribution in [0.4, 0.5) is 22.0 Å². The molecule has 3 aromatic rings. The number of halogens is 5. The predicted molar refractivity (Wildman–Crippen MR) is 129 cm³/mol. The minimum absolute atomic E-state index is 0.0233. The summed E-state index contributed by atoms with van der Waals surface area (Å²) in [6.45, 7) is -1.51. The maximum absolute atomic E-state index is 15.1. The molecule has 0 amide bonds. The van der Waals surface area contributed by atoms with Crippen LogP contribution in [-0.4, -0.2) is 53.5 Å². The van der Waals surface area contributed by atoms with Gasteiger partial charge >= 0.3 is 6.18 Å². The molecule has 12 heteroatoms. The molecule has 0 aliphatic carbocycles. The second-order valence-corrected chi connectivity index (χ2v) is 8.85. The Kier molecular flexibility index (Phi) is 8.03. The zero-order chi connectivity index (χ0) is 28.2. The molecule has 2 atom stereocenters. The molecule has 0 fully saturated rings. The number of carbonyl (C=O) groups is 2. The Bertz CT molecular complexity index is 1380. The molecule has 2 heterocycles. The van der Waals surface area contributed by atoms with E-state index in [1.54, 1.807) is 18.2 Å². The van der Waals surface area contributed by atoms with E-state index in [9.17, 15) is 27.2 Å². The lowest BCUT2D eigenvalue weighted by Gasteiger charge is -2.37. The van der Waals surface area contributed by atoms with E-state index in [1.807, 2.05) is 0 Å². The molecule has 1 aliphatic heterocycles. The summed E-state index contributed by atoms with van der Waals surface area (Å²) in [5, 5.41) is 0. The number of hydrogen-bond donors (Lipinski definition) is 0. The summed E-state index contributed by atoms with van der Waals surface area (Å²) in [6.07, 6.45) is -7.14. The van der Waals surface area contributed by atoms with Crippen LogP contribution < -0.4 is 4.74 Å².